The Morgan fingerprint density at radius 3 is 2.75 bits per heavy atom. The zero-order valence-corrected chi connectivity index (χ0v) is 18.3. The second-order valence-electron chi connectivity index (χ2n) is 7.01. The zero-order chi connectivity index (χ0) is 22.3. The molecule has 1 amide bonds. The predicted molar refractivity (Wildman–Crippen MR) is 127 cm³/mol. The molecule has 0 radical (unpaired) electrons. The third kappa shape index (κ3) is 5.41. The van der Waals surface area contributed by atoms with E-state index in [2.05, 4.69) is 15.5 Å². The van der Waals surface area contributed by atoms with E-state index in [0.29, 0.717) is 23.2 Å². The number of hydrazone groups is 1. The van der Waals surface area contributed by atoms with Crippen LogP contribution in [0.1, 0.15) is 16.7 Å². The lowest BCUT2D eigenvalue weighted by atomic mass is 10.1. The van der Waals surface area contributed by atoms with Crippen LogP contribution < -0.4 is 20.6 Å². The van der Waals surface area contributed by atoms with Crippen molar-refractivity contribution in [2.75, 3.05) is 12.8 Å². The lowest BCUT2D eigenvalue weighted by Crippen LogP contribution is -2.19. The smallest absolute Gasteiger partial charge is 0.244 e. The highest BCUT2D eigenvalue weighted by Gasteiger charge is 2.07. The number of benzene rings is 3. The van der Waals surface area contributed by atoms with Gasteiger partial charge in [0.05, 0.1) is 30.0 Å². The molecule has 0 saturated heterocycles. The number of carbonyl (C=O) groups excluding carboxylic acids is 1. The van der Waals surface area contributed by atoms with Crippen LogP contribution in [-0.4, -0.2) is 24.2 Å². The van der Waals surface area contributed by atoms with Crippen LogP contribution in [0.25, 0.3) is 10.2 Å². The molecule has 7 nitrogen and oxygen atoms in total. The summed E-state index contributed by atoms with van der Waals surface area (Å²) in [7, 11) is 1.58. The largest absolute Gasteiger partial charge is 0.493 e. The van der Waals surface area contributed by atoms with Crippen LogP contribution in [0.2, 0.25) is 0 Å². The zero-order valence-electron chi connectivity index (χ0n) is 17.4. The van der Waals surface area contributed by atoms with Crippen molar-refractivity contribution in [3.05, 3.63) is 83.4 Å². The molecule has 3 N–H and O–H groups in total. The summed E-state index contributed by atoms with van der Waals surface area (Å²) in [6.07, 6.45) is 1.77. The summed E-state index contributed by atoms with van der Waals surface area (Å²) in [5.41, 5.74) is 11.8. The average molecular weight is 447 g/mol. The molecule has 0 atom stereocenters. The molecule has 162 valence electrons. The summed E-state index contributed by atoms with van der Waals surface area (Å²) in [6, 6.07) is 21.0. The van der Waals surface area contributed by atoms with Crippen LogP contribution >= 0.6 is 11.3 Å². The van der Waals surface area contributed by atoms with E-state index in [1.807, 2.05) is 60.7 Å². The van der Waals surface area contributed by atoms with E-state index in [9.17, 15) is 4.79 Å². The molecule has 0 spiro atoms. The van der Waals surface area contributed by atoms with E-state index in [1.165, 1.54) is 11.3 Å². The summed E-state index contributed by atoms with van der Waals surface area (Å²) in [6.45, 7) is 0.445. The summed E-state index contributed by atoms with van der Waals surface area (Å²) in [4.78, 5) is 16.5. The number of fused-ring (bicyclic) bond motifs is 1. The van der Waals surface area contributed by atoms with Crippen LogP contribution in [0.3, 0.4) is 0 Å². The maximum atomic E-state index is 12.2. The first kappa shape index (κ1) is 21.3. The summed E-state index contributed by atoms with van der Waals surface area (Å²) >= 11 is 1.40. The van der Waals surface area contributed by atoms with Gasteiger partial charge in [0.1, 0.15) is 6.61 Å². The average Bonchev–Trinajstić information content (AvgIpc) is 3.18. The van der Waals surface area contributed by atoms with Gasteiger partial charge in [-0.25, -0.2) is 10.4 Å². The maximum absolute atomic E-state index is 12.2. The van der Waals surface area contributed by atoms with Crippen LogP contribution in [-0.2, 0) is 17.8 Å². The Kier molecular flexibility index (Phi) is 6.62. The lowest BCUT2D eigenvalue weighted by molar-refractivity contribution is -0.120. The number of methoxy groups -OCH3 is 1. The second-order valence-corrected chi connectivity index (χ2v) is 8.07. The van der Waals surface area contributed by atoms with E-state index in [-0.39, 0.29) is 12.3 Å². The topological polar surface area (TPSA) is 98.8 Å². The van der Waals surface area contributed by atoms with Gasteiger partial charge in [0.25, 0.3) is 0 Å². The number of nitrogens with zero attached hydrogens (tertiary/aromatic N) is 2. The van der Waals surface area contributed by atoms with Crippen LogP contribution in [0, 0.1) is 0 Å². The van der Waals surface area contributed by atoms with Gasteiger partial charge in [0.2, 0.25) is 5.91 Å². The monoisotopic (exact) mass is 446 g/mol. The molecule has 0 bridgehead atoms. The van der Waals surface area contributed by atoms with Gasteiger partial charge in [0, 0.05) is 0 Å². The molecular weight excluding hydrogens is 424 g/mol. The Hall–Kier alpha value is -3.91. The molecule has 3 aromatic carbocycles. The molecule has 0 saturated carbocycles. The molecule has 0 aliphatic heterocycles. The van der Waals surface area contributed by atoms with Gasteiger partial charge < -0.3 is 15.2 Å². The Bertz CT molecular complexity index is 1250. The molecule has 0 aliphatic carbocycles. The first-order valence-electron chi connectivity index (χ1n) is 9.92. The molecule has 0 aliphatic rings. The van der Waals surface area contributed by atoms with Gasteiger partial charge in [-0.3, -0.25) is 4.79 Å². The van der Waals surface area contributed by atoms with E-state index < -0.39 is 0 Å². The first-order valence-corrected chi connectivity index (χ1v) is 10.7. The van der Waals surface area contributed by atoms with Crippen LogP contribution in [0.5, 0.6) is 11.5 Å². The SMILES string of the molecule is COc1cc(/C=N\NC(=O)Cc2ccc3nc(N)sc3c2)ccc1OCc1ccccc1. The van der Waals surface area contributed by atoms with Crippen molar-refractivity contribution in [1.29, 1.82) is 0 Å². The van der Waals surface area contributed by atoms with E-state index in [4.69, 9.17) is 15.2 Å². The number of nitrogens with one attached hydrogen (secondary N) is 1. The van der Waals surface area contributed by atoms with Gasteiger partial charge in [-0.05, 0) is 47.0 Å². The number of anilines is 1. The number of nitrogens with two attached hydrogens (primary N) is 1. The van der Waals surface area contributed by atoms with Crippen LogP contribution in [0.15, 0.2) is 71.8 Å². The molecular formula is C24H22N4O3S. The number of carbonyl (C=O) groups is 1. The molecule has 4 aromatic rings. The highest BCUT2D eigenvalue weighted by molar-refractivity contribution is 7.22. The van der Waals surface area contributed by atoms with Crippen molar-refractivity contribution in [3.63, 3.8) is 0 Å². The van der Waals surface area contributed by atoms with Crippen molar-refractivity contribution in [3.8, 4) is 11.5 Å². The number of nitrogen functional groups attached to an aromatic ring is 1. The standard InChI is InChI=1S/C24H22N4O3S/c1-30-21-11-18(8-10-20(21)31-15-16-5-3-2-4-6-16)14-26-28-23(29)13-17-7-9-19-22(12-17)32-24(25)27-19/h2-12,14H,13,15H2,1H3,(H2,25,27)(H,28,29)/b26-14-. The molecule has 0 unspecified atom stereocenters. The molecule has 0 fully saturated rings. The normalized spacial score (nSPS) is 11.0. The number of aromatic nitrogens is 1. The molecule has 4 rings (SSSR count). The fraction of sp³-hybridized carbons (Fsp3) is 0.125. The summed E-state index contributed by atoms with van der Waals surface area (Å²) in [5.74, 6) is 1.01. The third-order valence-electron chi connectivity index (χ3n) is 4.66. The van der Waals surface area contributed by atoms with Crippen molar-refractivity contribution in [2.45, 2.75) is 13.0 Å². The molecule has 32 heavy (non-hydrogen) atoms. The van der Waals surface area contributed by atoms with Gasteiger partial charge in [-0.2, -0.15) is 5.10 Å². The Balaban J connectivity index is 1.34. The minimum Gasteiger partial charge on any atom is -0.493 e. The second kappa shape index (κ2) is 9.93. The molecule has 8 heteroatoms. The van der Waals surface area contributed by atoms with Crippen molar-refractivity contribution in [2.24, 2.45) is 5.10 Å². The summed E-state index contributed by atoms with van der Waals surface area (Å²) < 4.78 is 12.2. The lowest BCUT2D eigenvalue weighted by Gasteiger charge is -2.11. The number of amides is 1. The predicted octanol–water partition coefficient (Wildman–Crippen LogP) is 4.16. The number of rotatable bonds is 8. The fourth-order valence-corrected chi connectivity index (χ4v) is 3.92. The fourth-order valence-electron chi connectivity index (χ4n) is 3.12. The third-order valence-corrected chi connectivity index (χ3v) is 5.51. The van der Waals surface area contributed by atoms with Crippen molar-refractivity contribution >= 4 is 38.8 Å². The number of hydrogen-bond donors (Lipinski definition) is 2. The minimum absolute atomic E-state index is 0.209. The van der Waals surface area contributed by atoms with Crippen molar-refractivity contribution in [1.82, 2.24) is 10.4 Å². The number of hydrogen-bond acceptors (Lipinski definition) is 7. The minimum atomic E-state index is -0.215. The Labute approximate surface area is 189 Å². The maximum Gasteiger partial charge on any atom is 0.244 e. The van der Waals surface area contributed by atoms with Gasteiger partial charge in [0.15, 0.2) is 16.6 Å². The molecule has 1 aromatic heterocycles. The molecule has 1 heterocycles. The summed E-state index contributed by atoms with van der Waals surface area (Å²) in [5, 5.41) is 4.56. The number of ether oxygens (including phenoxy) is 2. The Morgan fingerprint density at radius 2 is 1.94 bits per heavy atom. The Morgan fingerprint density at radius 1 is 1.09 bits per heavy atom. The first-order chi connectivity index (χ1) is 15.6. The van der Waals surface area contributed by atoms with Gasteiger partial charge in [-0.1, -0.05) is 47.7 Å². The quantitative estimate of drug-likeness (QED) is 0.313. The van der Waals surface area contributed by atoms with Gasteiger partial charge >= 0.3 is 0 Å². The van der Waals surface area contributed by atoms with Gasteiger partial charge in [-0.15, -0.1) is 0 Å². The highest BCUT2D eigenvalue weighted by Crippen LogP contribution is 2.28. The van der Waals surface area contributed by atoms with E-state index in [0.717, 1.165) is 26.9 Å². The van der Waals surface area contributed by atoms with Crippen molar-refractivity contribution < 1.29 is 14.3 Å². The van der Waals surface area contributed by atoms with Crippen LogP contribution in [0.4, 0.5) is 5.13 Å². The highest BCUT2D eigenvalue weighted by atomic mass is 32.1. The number of thiazole rings is 1. The van der Waals surface area contributed by atoms with E-state index >= 15 is 0 Å². The van der Waals surface area contributed by atoms with E-state index in [1.54, 1.807) is 19.4 Å².